The normalized spacial score (nSPS) is 41.8. The highest BCUT2D eigenvalue weighted by atomic mass is 16.1. The predicted molar refractivity (Wildman–Crippen MR) is 129 cm³/mol. The highest BCUT2D eigenvalue weighted by Gasteiger charge is 2.60. The smallest absolute Gasteiger partial charge is 0.136 e. The van der Waals surface area contributed by atoms with Crippen LogP contribution in [0.2, 0.25) is 0 Å². The SMILES string of the molecule is C[C@]12CCCC[C@H]1CC[C@@H]1[C@@H]2CC[C@]2(C)[C@@H](C(=O)CCCCc3ccccc3)CC[C@@H]12. The highest BCUT2D eigenvalue weighted by Crippen LogP contribution is 2.67. The van der Waals surface area contributed by atoms with E-state index in [2.05, 4.69) is 44.2 Å². The average Bonchev–Trinajstić information content (AvgIpc) is 3.14. The van der Waals surface area contributed by atoms with Crippen molar-refractivity contribution in [3.05, 3.63) is 35.9 Å². The molecule has 0 amide bonds. The fourth-order valence-corrected chi connectivity index (χ4v) is 9.27. The fraction of sp³-hybridized carbons (Fsp3) is 0.767. The topological polar surface area (TPSA) is 17.1 Å². The van der Waals surface area contributed by atoms with Crippen molar-refractivity contribution in [2.24, 2.45) is 40.4 Å². The molecule has 5 rings (SSSR count). The lowest BCUT2D eigenvalue weighted by atomic mass is 9.45. The van der Waals surface area contributed by atoms with E-state index in [4.69, 9.17) is 0 Å². The summed E-state index contributed by atoms with van der Waals surface area (Å²) in [6.45, 7) is 5.20. The minimum absolute atomic E-state index is 0.301. The van der Waals surface area contributed by atoms with Crippen LogP contribution in [0.5, 0.6) is 0 Å². The summed E-state index contributed by atoms with van der Waals surface area (Å²) in [6.07, 6.45) is 18.2. The van der Waals surface area contributed by atoms with Crippen molar-refractivity contribution < 1.29 is 4.79 Å². The Morgan fingerprint density at radius 1 is 0.839 bits per heavy atom. The first-order chi connectivity index (χ1) is 15.0. The zero-order valence-corrected chi connectivity index (χ0v) is 20.1. The number of Topliss-reactive ketones (excluding diaryl/α,β-unsaturated/α-hetero) is 1. The number of hydrogen-bond donors (Lipinski definition) is 0. The number of fused-ring (bicyclic) bond motifs is 5. The van der Waals surface area contributed by atoms with Gasteiger partial charge >= 0.3 is 0 Å². The van der Waals surface area contributed by atoms with E-state index in [-0.39, 0.29) is 0 Å². The molecule has 4 fully saturated rings. The summed E-state index contributed by atoms with van der Waals surface area (Å²) in [5.74, 6) is 4.64. The van der Waals surface area contributed by atoms with Gasteiger partial charge in [-0.1, -0.05) is 57.0 Å². The Labute approximate surface area is 190 Å². The Morgan fingerprint density at radius 2 is 1.65 bits per heavy atom. The summed E-state index contributed by atoms with van der Waals surface area (Å²) in [6, 6.07) is 10.8. The molecule has 1 nitrogen and oxygen atoms in total. The van der Waals surface area contributed by atoms with Gasteiger partial charge in [0.15, 0.2) is 0 Å². The molecule has 31 heavy (non-hydrogen) atoms. The quantitative estimate of drug-likeness (QED) is 0.426. The summed E-state index contributed by atoms with van der Waals surface area (Å²) >= 11 is 0. The van der Waals surface area contributed by atoms with Crippen LogP contribution in [-0.2, 0) is 11.2 Å². The molecular weight excluding hydrogens is 376 g/mol. The number of rotatable bonds is 6. The van der Waals surface area contributed by atoms with Crippen LogP contribution in [0.1, 0.15) is 103 Å². The molecule has 0 aromatic heterocycles. The van der Waals surface area contributed by atoms with Gasteiger partial charge in [-0.2, -0.15) is 0 Å². The van der Waals surface area contributed by atoms with Gasteiger partial charge in [0.25, 0.3) is 0 Å². The molecule has 0 aliphatic heterocycles. The molecule has 7 atom stereocenters. The second-order valence-corrected chi connectivity index (χ2v) is 12.2. The van der Waals surface area contributed by atoms with Crippen LogP contribution in [0.3, 0.4) is 0 Å². The summed E-state index contributed by atoms with van der Waals surface area (Å²) in [5, 5.41) is 0. The predicted octanol–water partition coefficient (Wildman–Crippen LogP) is 8.02. The minimum Gasteiger partial charge on any atom is -0.299 e. The minimum atomic E-state index is 0.301. The van der Waals surface area contributed by atoms with Crippen LogP contribution in [0.4, 0.5) is 0 Å². The maximum absolute atomic E-state index is 13.4. The van der Waals surface area contributed by atoms with E-state index >= 15 is 0 Å². The van der Waals surface area contributed by atoms with E-state index in [0.29, 0.717) is 22.5 Å². The molecule has 0 N–H and O–H groups in total. The first-order valence-corrected chi connectivity index (χ1v) is 13.6. The van der Waals surface area contributed by atoms with Crippen LogP contribution in [-0.4, -0.2) is 5.78 Å². The largest absolute Gasteiger partial charge is 0.299 e. The second kappa shape index (κ2) is 8.68. The van der Waals surface area contributed by atoms with Gasteiger partial charge in [-0.25, -0.2) is 0 Å². The van der Waals surface area contributed by atoms with Crippen molar-refractivity contribution in [3.8, 4) is 0 Å². The van der Waals surface area contributed by atoms with E-state index in [1.165, 1.54) is 69.8 Å². The van der Waals surface area contributed by atoms with Crippen molar-refractivity contribution in [1.29, 1.82) is 0 Å². The number of ketones is 1. The Morgan fingerprint density at radius 3 is 2.48 bits per heavy atom. The van der Waals surface area contributed by atoms with Crippen molar-refractivity contribution in [3.63, 3.8) is 0 Å². The number of hydrogen-bond acceptors (Lipinski definition) is 1. The maximum atomic E-state index is 13.4. The molecule has 0 saturated heterocycles. The molecule has 0 heterocycles. The monoisotopic (exact) mass is 420 g/mol. The molecule has 0 bridgehead atoms. The van der Waals surface area contributed by atoms with Crippen LogP contribution in [0.25, 0.3) is 0 Å². The van der Waals surface area contributed by atoms with Crippen molar-refractivity contribution in [1.82, 2.24) is 0 Å². The standard InChI is InChI=1S/C30H44O/c1-29-20-9-8-13-23(29)15-16-24-25-17-18-27(30(25,2)21-19-26(24)29)28(31)14-7-6-12-22-10-4-3-5-11-22/h3-5,10-11,23-27H,6-9,12-21H2,1-2H3/t23-,24-,25-,26-,27+,29-,30-/m0/s1. The molecule has 4 saturated carbocycles. The third kappa shape index (κ3) is 3.83. The van der Waals surface area contributed by atoms with Crippen molar-refractivity contribution >= 4 is 5.78 Å². The molecule has 4 aliphatic rings. The molecular formula is C30H44O. The van der Waals surface area contributed by atoms with E-state index in [9.17, 15) is 4.79 Å². The van der Waals surface area contributed by atoms with Gasteiger partial charge in [0.05, 0.1) is 0 Å². The number of aryl methyl sites for hydroxylation is 1. The van der Waals surface area contributed by atoms with E-state index < -0.39 is 0 Å². The van der Waals surface area contributed by atoms with E-state index in [1.54, 1.807) is 0 Å². The third-order valence-electron chi connectivity index (χ3n) is 11.0. The maximum Gasteiger partial charge on any atom is 0.136 e. The molecule has 4 aliphatic carbocycles. The second-order valence-electron chi connectivity index (χ2n) is 12.2. The summed E-state index contributed by atoms with van der Waals surface area (Å²) in [5.41, 5.74) is 2.32. The summed E-state index contributed by atoms with van der Waals surface area (Å²) in [4.78, 5) is 13.4. The van der Waals surface area contributed by atoms with Crippen molar-refractivity contribution in [2.45, 2.75) is 104 Å². The van der Waals surface area contributed by atoms with Crippen LogP contribution >= 0.6 is 0 Å². The van der Waals surface area contributed by atoms with Crippen LogP contribution in [0, 0.1) is 40.4 Å². The Kier molecular flexibility index (Phi) is 6.08. The molecule has 0 spiro atoms. The molecule has 0 radical (unpaired) electrons. The number of carbonyl (C=O) groups is 1. The molecule has 170 valence electrons. The molecule has 1 heteroatoms. The zero-order valence-electron chi connectivity index (χ0n) is 20.1. The third-order valence-corrected chi connectivity index (χ3v) is 11.0. The lowest BCUT2D eigenvalue weighted by molar-refractivity contribution is -0.135. The first kappa shape index (κ1) is 21.7. The van der Waals surface area contributed by atoms with Gasteiger partial charge < -0.3 is 0 Å². The number of unbranched alkanes of at least 4 members (excludes halogenated alkanes) is 1. The number of benzene rings is 1. The average molecular weight is 421 g/mol. The van der Waals surface area contributed by atoms with Gasteiger partial charge in [-0.05, 0) is 111 Å². The van der Waals surface area contributed by atoms with Crippen LogP contribution < -0.4 is 0 Å². The van der Waals surface area contributed by atoms with Crippen molar-refractivity contribution in [2.75, 3.05) is 0 Å². The lowest BCUT2D eigenvalue weighted by Crippen LogP contribution is -2.53. The van der Waals surface area contributed by atoms with Gasteiger partial charge in [0, 0.05) is 12.3 Å². The zero-order chi connectivity index (χ0) is 21.5. The molecule has 1 aromatic rings. The van der Waals surface area contributed by atoms with E-state index in [1.807, 2.05) is 0 Å². The van der Waals surface area contributed by atoms with Gasteiger partial charge in [-0.3, -0.25) is 4.79 Å². The highest BCUT2D eigenvalue weighted by molar-refractivity contribution is 5.82. The van der Waals surface area contributed by atoms with Crippen LogP contribution in [0.15, 0.2) is 30.3 Å². The van der Waals surface area contributed by atoms with Gasteiger partial charge in [-0.15, -0.1) is 0 Å². The van der Waals surface area contributed by atoms with Gasteiger partial charge in [0.2, 0.25) is 0 Å². The Bertz CT molecular complexity index is 768. The molecule has 1 aromatic carbocycles. The summed E-state index contributed by atoms with van der Waals surface area (Å²) in [7, 11) is 0. The molecule has 0 unspecified atom stereocenters. The number of carbonyl (C=O) groups excluding carboxylic acids is 1. The Hall–Kier alpha value is -1.11. The Balaban J connectivity index is 1.20. The lowest BCUT2D eigenvalue weighted by Gasteiger charge is -2.60. The first-order valence-electron chi connectivity index (χ1n) is 13.6. The van der Waals surface area contributed by atoms with E-state index in [0.717, 1.165) is 49.4 Å². The summed E-state index contributed by atoms with van der Waals surface area (Å²) < 4.78 is 0. The fourth-order valence-electron chi connectivity index (χ4n) is 9.27. The van der Waals surface area contributed by atoms with Gasteiger partial charge in [0.1, 0.15) is 5.78 Å².